The molecule has 0 aliphatic heterocycles. The molecule has 0 aliphatic rings. The number of halogens is 1. The van der Waals surface area contributed by atoms with Gasteiger partial charge in [-0.2, -0.15) is 0 Å². The van der Waals surface area contributed by atoms with E-state index in [2.05, 4.69) is 20.2 Å². The maximum Gasteiger partial charge on any atom is 0.173 e. The number of nitrogens with zero attached hydrogens (tertiary/aromatic N) is 2. The number of H-pyrrole nitrogens is 1. The van der Waals surface area contributed by atoms with E-state index >= 15 is 0 Å². The van der Waals surface area contributed by atoms with Gasteiger partial charge in [-0.05, 0) is 73.6 Å². The number of rotatable bonds is 6. The summed E-state index contributed by atoms with van der Waals surface area (Å²) >= 11 is 5.72. The molecule has 30 heavy (non-hydrogen) atoms. The minimum Gasteiger partial charge on any atom is -0.358 e. The van der Waals surface area contributed by atoms with Gasteiger partial charge in [-0.1, -0.05) is 24.3 Å². The quantitative estimate of drug-likeness (QED) is 0.409. The molecule has 4 aromatic rings. The number of aryl methyl sites for hydroxylation is 1. The third-order valence-electron chi connectivity index (χ3n) is 5.10. The largest absolute Gasteiger partial charge is 0.358 e. The van der Waals surface area contributed by atoms with Gasteiger partial charge in [0.05, 0.1) is 12.2 Å². The van der Waals surface area contributed by atoms with Crippen LogP contribution in [-0.2, 0) is 13.0 Å². The zero-order valence-corrected chi connectivity index (χ0v) is 17.5. The summed E-state index contributed by atoms with van der Waals surface area (Å²) in [6.07, 6.45) is 2.52. The van der Waals surface area contributed by atoms with Crippen LogP contribution in [0.3, 0.4) is 0 Å². The monoisotopic (exact) mass is 418 g/mol. The highest BCUT2D eigenvalue weighted by Crippen LogP contribution is 2.24. The molecule has 0 bridgehead atoms. The first-order valence-electron chi connectivity index (χ1n) is 9.88. The Kier molecular flexibility index (Phi) is 6.05. The van der Waals surface area contributed by atoms with E-state index in [1.54, 1.807) is 18.3 Å². The van der Waals surface area contributed by atoms with E-state index in [-0.39, 0.29) is 5.82 Å². The summed E-state index contributed by atoms with van der Waals surface area (Å²) in [4.78, 5) is 9.90. The molecule has 0 fully saturated rings. The normalized spacial score (nSPS) is 10.9. The molecular weight excluding hydrogens is 395 g/mol. The summed E-state index contributed by atoms with van der Waals surface area (Å²) in [5.74, 6) is -0.227. The lowest BCUT2D eigenvalue weighted by atomic mass is 10.1. The topological polar surface area (TPSA) is 44.0 Å². The lowest BCUT2D eigenvalue weighted by Crippen LogP contribution is -2.36. The Bertz CT molecular complexity index is 1140. The number of hydrogen-bond donors (Lipinski definition) is 2. The van der Waals surface area contributed by atoms with Gasteiger partial charge in [0.2, 0.25) is 0 Å². The third-order valence-corrected chi connectivity index (χ3v) is 5.46. The molecule has 0 aliphatic carbocycles. The second-order valence-corrected chi connectivity index (χ2v) is 7.59. The number of hydrogen-bond acceptors (Lipinski definition) is 2. The Balaban J connectivity index is 1.56. The van der Waals surface area contributed by atoms with Crippen LogP contribution in [0.15, 0.2) is 72.9 Å². The molecule has 2 aromatic heterocycles. The average Bonchev–Trinajstić information content (AvgIpc) is 3.07. The smallest absolute Gasteiger partial charge is 0.173 e. The van der Waals surface area contributed by atoms with Gasteiger partial charge in [0.15, 0.2) is 5.11 Å². The van der Waals surface area contributed by atoms with E-state index in [0.717, 1.165) is 40.0 Å². The van der Waals surface area contributed by atoms with Crippen LogP contribution in [0.5, 0.6) is 0 Å². The van der Waals surface area contributed by atoms with Crippen LogP contribution in [0.25, 0.3) is 10.9 Å². The molecule has 0 radical (unpaired) electrons. The number of fused-ring (bicyclic) bond motifs is 1. The van der Waals surface area contributed by atoms with Crippen molar-refractivity contribution in [3.63, 3.8) is 0 Å². The summed E-state index contributed by atoms with van der Waals surface area (Å²) in [5.41, 5.74) is 4.99. The molecule has 0 amide bonds. The number of aromatic amines is 1. The van der Waals surface area contributed by atoms with Crippen molar-refractivity contribution in [1.82, 2.24) is 14.9 Å². The lowest BCUT2D eigenvalue weighted by Gasteiger charge is -2.26. The second-order valence-electron chi connectivity index (χ2n) is 7.21. The SMILES string of the molecule is Cc1[nH]c2ccc(F)cc2c1CCN(Cc1ccccn1)C(=S)Nc1ccccc1. The highest BCUT2D eigenvalue weighted by atomic mass is 32.1. The molecular formula is C24H23FN4S. The zero-order valence-electron chi connectivity index (χ0n) is 16.7. The maximum atomic E-state index is 13.8. The second kappa shape index (κ2) is 9.05. The Labute approximate surface area is 180 Å². The molecule has 0 atom stereocenters. The molecule has 2 heterocycles. The van der Waals surface area contributed by atoms with Crippen molar-refractivity contribution >= 4 is 33.9 Å². The van der Waals surface area contributed by atoms with Crippen molar-refractivity contribution in [2.45, 2.75) is 19.9 Å². The van der Waals surface area contributed by atoms with Crippen molar-refractivity contribution in [3.8, 4) is 0 Å². The van der Waals surface area contributed by atoms with Crippen LogP contribution in [0.2, 0.25) is 0 Å². The number of anilines is 1. The van der Waals surface area contributed by atoms with Gasteiger partial charge in [-0.25, -0.2) is 4.39 Å². The summed E-state index contributed by atoms with van der Waals surface area (Å²) in [7, 11) is 0. The van der Waals surface area contributed by atoms with E-state index in [4.69, 9.17) is 12.2 Å². The molecule has 0 saturated heterocycles. The minimum atomic E-state index is -0.227. The fourth-order valence-electron chi connectivity index (χ4n) is 3.59. The Morgan fingerprint density at radius 1 is 1.10 bits per heavy atom. The molecule has 2 N–H and O–H groups in total. The van der Waals surface area contributed by atoms with Crippen LogP contribution in [0.1, 0.15) is 17.0 Å². The fraction of sp³-hybridized carbons (Fsp3) is 0.167. The highest BCUT2D eigenvalue weighted by molar-refractivity contribution is 7.80. The highest BCUT2D eigenvalue weighted by Gasteiger charge is 2.15. The lowest BCUT2D eigenvalue weighted by molar-refractivity contribution is 0.417. The van der Waals surface area contributed by atoms with Crippen molar-refractivity contribution in [1.29, 1.82) is 0 Å². The van der Waals surface area contributed by atoms with E-state index < -0.39 is 0 Å². The van der Waals surface area contributed by atoms with Crippen molar-refractivity contribution < 1.29 is 4.39 Å². The van der Waals surface area contributed by atoms with Gasteiger partial charge >= 0.3 is 0 Å². The third kappa shape index (κ3) is 4.66. The Hall–Kier alpha value is -3.25. The number of thiocarbonyl (C=S) groups is 1. The fourth-order valence-corrected chi connectivity index (χ4v) is 3.86. The van der Waals surface area contributed by atoms with Gasteiger partial charge in [0, 0.05) is 35.0 Å². The van der Waals surface area contributed by atoms with Gasteiger partial charge < -0.3 is 15.2 Å². The van der Waals surface area contributed by atoms with Crippen LogP contribution in [0.4, 0.5) is 10.1 Å². The maximum absolute atomic E-state index is 13.8. The summed E-state index contributed by atoms with van der Waals surface area (Å²) in [5, 5.41) is 4.87. The Morgan fingerprint density at radius 3 is 2.67 bits per heavy atom. The van der Waals surface area contributed by atoms with Gasteiger partial charge in [-0.15, -0.1) is 0 Å². The van der Waals surface area contributed by atoms with Gasteiger partial charge in [0.25, 0.3) is 0 Å². The predicted octanol–water partition coefficient (Wildman–Crippen LogP) is 5.45. The van der Waals surface area contributed by atoms with Crippen molar-refractivity contribution in [3.05, 3.63) is 95.7 Å². The standard InChI is InChI=1S/C24H23FN4S/c1-17-21(22-15-18(25)10-11-23(22)27-17)12-14-29(16-20-9-5-6-13-26-20)24(30)28-19-7-3-2-4-8-19/h2-11,13,15,27H,12,14,16H2,1H3,(H,28,30). The minimum absolute atomic E-state index is 0.227. The molecule has 152 valence electrons. The summed E-state index contributed by atoms with van der Waals surface area (Å²) in [6.45, 7) is 3.30. The first-order valence-corrected chi connectivity index (χ1v) is 10.3. The zero-order chi connectivity index (χ0) is 20.9. The Morgan fingerprint density at radius 2 is 1.90 bits per heavy atom. The van der Waals surface area contributed by atoms with Crippen LogP contribution in [0, 0.1) is 12.7 Å². The summed E-state index contributed by atoms with van der Waals surface area (Å²) < 4.78 is 13.8. The molecule has 4 nitrogen and oxygen atoms in total. The van der Waals surface area contributed by atoms with Crippen LogP contribution >= 0.6 is 12.2 Å². The number of nitrogens with one attached hydrogen (secondary N) is 2. The number of pyridine rings is 1. The number of para-hydroxylation sites is 1. The first-order chi connectivity index (χ1) is 14.6. The molecule has 0 saturated carbocycles. The van der Waals surface area contributed by atoms with Gasteiger partial charge in [-0.3, -0.25) is 4.98 Å². The van der Waals surface area contributed by atoms with E-state index in [0.29, 0.717) is 18.2 Å². The van der Waals surface area contributed by atoms with E-state index in [1.807, 2.05) is 55.5 Å². The van der Waals surface area contributed by atoms with E-state index in [9.17, 15) is 4.39 Å². The molecule has 0 spiro atoms. The van der Waals surface area contributed by atoms with Gasteiger partial charge in [0.1, 0.15) is 5.82 Å². The molecule has 6 heteroatoms. The summed E-state index contributed by atoms with van der Waals surface area (Å²) in [6, 6.07) is 20.6. The molecule has 4 rings (SSSR count). The first kappa shape index (κ1) is 20.0. The molecule has 0 unspecified atom stereocenters. The number of benzene rings is 2. The predicted molar refractivity (Wildman–Crippen MR) is 124 cm³/mol. The van der Waals surface area contributed by atoms with E-state index in [1.165, 1.54) is 6.07 Å². The average molecular weight is 419 g/mol. The van der Waals surface area contributed by atoms with Crippen LogP contribution in [-0.4, -0.2) is 26.5 Å². The molecule has 2 aromatic carbocycles. The number of aromatic nitrogens is 2. The van der Waals surface area contributed by atoms with Crippen molar-refractivity contribution in [2.75, 3.05) is 11.9 Å². The van der Waals surface area contributed by atoms with Crippen molar-refractivity contribution in [2.24, 2.45) is 0 Å². The van der Waals surface area contributed by atoms with Crippen LogP contribution < -0.4 is 5.32 Å².